The average molecular weight is 273 g/mol. The number of rotatable bonds is 7. The Balaban J connectivity index is 0.00000289. The van der Waals surface area contributed by atoms with E-state index in [2.05, 4.69) is 10.6 Å². The van der Waals surface area contributed by atoms with E-state index in [1.54, 1.807) is 7.11 Å². The van der Waals surface area contributed by atoms with Crippen LogP contribution in [0.2, 0.25) is 0 Å². The van der Waals surface area contributed by atoms with E-state index >= 15 is 0 Å². The predicted molar refractivity (Wildman–Crippen MR) is 75.0 cm³/mol. The Labute approximate surface area is 115 Å². The highest BCUT2D eigenvalue weighted by atomic mass is 35.5. The molecule has 0 heterocycles. The number of ether oxygens (including phenoxy) is 1. The van der Waals surface area contributed by atoms with Crippen LogP contribution in [0.5, 0.6) is 0 Å². The number of hydrogen-bond acceptors (Lipinski definition) is 3. The van der Waals surface area contributed by atoms with Crippen LogP contribution in [-0.4, -0.2) is 32.7 Å². The van der Waals surface area contributed by atoms with Gasteiger partial charge in [0, 0.05) is 20.2 Å². The van der Waals surface area contributed by atoms with Crippen molar-refractivity contribution in [2.45, 2.75) is 13.0 Å². The molecule has 0 aliphatic carbocycles. The van der Waals surface area contributed by atoms with Crippen LogP contribution in [0.3, 0.4) is 0 Å². The summed E-state index contributed by atoms with van der Waals surface area (Å²) in [4.78, 5) is 11.9. The molecule has 4 nitrogen and oxygen atoms in total. The van der Waals surface area contributed by atoms with Gasteiger partial charge in [-0.15, -0.1) is 12.4 Å². The van der Waals surface area contributed by atoms with Gasteiger partial charge in [-0.05, 0) is 12.1 Å². The molecule has 18 heavy (non-hydrogen) atoms. The molecule has 1 atom stereocenters. The molecule has 5 heteroatoms. The molecule has 0 spiro atoms. The Morgan fingerprint density at radius 1 is 1.28 bits per heavy atom. The zero-order chi connectivity index (χ0) is 12.5. The fourth-order valence-corrected chi connectivity index (χ4v) is 1.57. The Bertz CT molecular complexity index is 333. The topological polar surface area (TPSA) is 50.4 Å². The van der Waals surface area contributed by atoms with Crippen molar-refractivity contribution in [3.63, 3.8) is 0 Å². The molecule has 0 bridgehead atoms. The van der Waals surface area contributed by atoms with Crippen LogP contribution >= 0.6 is 12.4 Å². The molecule has 1 rings (SSSR count). The van der Waals surface area contributed by atoms with E-state index < -0.39 is 6.10 Å². The van der Waals surface area contributed by atoms with Crippen LogP contribution in [0.4, 0.5) is 0 Å². The molecule has 0 saturated heterocycles. The third kappa shape index (κ3) is 5.49. The number of halogens is 1. The van der Waals surface area contributed by atoms with Crippen LogP contribution < -0.4 is 10.6 Å². The van der Waals surface area contributed by atoms with Gasteiger partial charge in [-0.1, -0.05) is 37.3 Å². The Kier molecular flexibility index (Phi) is 9.28. The number of carbonyl (C=O) groups excluding carboxylic acids is 1. The summed E-state index contributed by atoms with van der Waals surface area (Å²) in [5, 5.41) is 5.99. The Hall–Kier alpha value is -1.10. The first-order chi connectivity index (χ1) is 8.29. The van der Waals surface area contributed by atoms with Gasteiger partial charge in [0.15, 0.2) is 6.10 Å². The lowest BCUT2D eigenvalue weighted by Crippen LogP contribution is -2.35. The van der Waals surface area contributed by atoms with Crippen molar-refractivity contribution >= 4 is 18.3 Å². The summed E-state index contributed by atoms with van der Waals surface area (Å²) in [5.41, 5.74) is 0.871. The van der Waals surface area contributed by atoms with Crippen LogP contribution in [0.1, 0.15) is 18.6 Å². The molecule has 2 N–H and O–H groups in total. The Morgan fingerprint density at radius 3 is 2.50 bits per heavy atom. The van der Waals surface area contributed by atoms with Gasteiger partial charge in [-0.2, -0.15) is 0 Å². The van der Waals surface area contributed by atoms with Crippen molar-refractivity contribution < 1.29 is 9.53 Å². The SMILES string of the molecule is CCNCCNC(=O)C(OC)c1ccccc1.Cl. The monoisotopic (exact) mass is 272 g/mol. The van der Waals surface area contributed by atoms with Crippen molar-refractivity contribution in [2.75, 3.05) is 26.7 Å². The highest BCUT2D eigenvalue weighted by molar-refractivity contribution is 5.85. The number of nitrogens with one attached hydrogen (secondary N) is 2. The van der Waals surface area contributed by atoms with Crippen molar-refractivity contribution in [3.05, 3.63) is 35.9 Å². The highest BCUT2D eigenvalue weighted by Gasteiger charge is 2.18. The van der Waals surface area contributed by atoms with Gasteiger partial charge in [-0.25, -0.2) is 0 Å². The molecule has 0 fully saturated rings. The minimum absolute atomic E-state index is 0. The number of hydrogen-bond donors (Lipinski definition) is 2. The lowest BCUT2D eigenvalue weighted by molar-refractivity contribution is -0.131. The number of amides is 1. The van der Waals surface area contributed by atoms with E-state index in [1.165, 1.54) is 0 Å². The fourth-order valence-electron chi connectivity index (χ4n) is 1.57. The standard InChI is InChI=1S/C13H20N2O2.ClH/c1-3-14-9-10-15-13(16)12(17-2)11-7-5-4-6-8-11;/h4-8,12,14H,3,9-10H2,1-2H3,(H,15,16);1H. The van der Waals surface area contributed by atoms with Crippen molar-refractivity contribution in [1.82, 2.24) is 10.6 Å². The van der Waals surface area contributed by atoms with Crippen molar-refractivity contribution in [3.8, 4) is 0 Å². The molecule has 1 aromatic rings. The molecule has 1 aromatic carbocycles. The molecule has 0 radical (unpaired) electrons. The smallest absolute Gasteiger partial charge is 0.253 e. The number of methoxy groups -OCH3 is 1. The van der Waals surface area contributed by atoms with Gasteiger partial charge in [-0.3, -0.25) is 4.79 Å². The lowest BCUT2D eigenvalue weighted by Gasteiger charge is -2.15. The first kappa shape index (κ1) is 16.9. The molecule has 1 unspecified atom stereocenters. The summed E-state index contributed by atoms with van der Waals surface area (Å²) in [6, 6.07) is 9.48. The van der Waals surface area contributed by atoms with Crippen LogP contribution in [0, 0.1) is 0 Å². The molecule has 1 amide bonds. The predicted octanol–water partition coefficient (Wildman–Crippen LogP) is 1.52. The number of likely N-dealkylation sites (N-methyl/N-ethyl adjacent to an activating group) is 1. The lowest BCUT2D eigenvalue weighted by atomic mass is 10.1. The molecule has 0 aromatic heterocycles. The van der Waals surface area contributed by atoms with Crippen molar-refractivity contribution in [1.29, 1.82) is 0 Å². The second kappa shape index (κ2) is 9.88. The van der Waals surface area contributed by atoms with Gasteiger partial charge in [0.1, 0.15) is 0 Å². The zero-order valence-electron chi connectivity index (χ0n) is 10.8. The molecular weight excluding hydrogens is 252 g/mol. The van der Waals surface area contributed by atoms with E-state index in [0.717, 1.165) is 18.7 Å². The largest absolute Gasteiger partial charge is 0.367 e. The Morgan fingerprint density at radius 2 is 1.94 bits per heavy atom. The minimum atomic E-state index is -0.530. The summed E-state index contributed by atoms with van der Waals surface area (Å²) >= 11 is 0. The maximum atomic E-state index is 11.9. The van der Waals surface area contributed by atoms with Gasteiger partial charge in [0.05, 0.1) is 0 Å². The van der Waals surface area contributed by atoms with Gasteiger partial charge < -0.3 is 15.4 Å². The molecule has 0 aliphatic rings. The van der Waals surface area contributed by atoms with Gasteiger partial charge in [0.25, 0.3) is 5.91 Å². The van der Waals surface area contributed by atoms with E-state index in [-0.39, 0.29) is 18.3 Å². The summed E-state index contributed by atoms with van der Waals surface area (Å²) in [6.45, 7) is 4.32. The van der Waals surface area contributed by atoms with Gasteiger partial charge >= 0.3 is 0 Å². The minimum Gasteiger partial charge on any atom is -0.367 e. The van der Waals surface area contributed by atoms with Crippen LogP contribution in [0.15, 0.2) is 30.3 Å². The molecular formula is C13H21ClN2O2. The first-order valence-corrected chi connectivity index (χ1v) is 5.85. The van der Waals surface area contributed by atoms with Crippen molar-refractivity contribution in [2.24, 2.45) is 0 Å². The van der Waals surface area contributed by atoms with Gasteiger partial charge in [0.2, 0.25) is 0 Å². The van der Waals surface area contributed by atoms with E-state index in [1.807, 2.05) is 37.3 Å². The van der Waals surface area contributed by atoms with Crippen LogP contribution in [0.25, 0.3) is 0 Å². The maximum Gasteiger partial charge on any atom is 0.253 e. The number of benzene rings is 1. The van der Waals surface area contributed by atoms with E-state index in [4.69, 9.17) is 4.74 Å². The average Bonchev–Trinajstić information content (AvgIpc) is 2.37. The number of carbonyl (C=O) groups is 1. The summed E-state index contributed by atoms with van der Waals surface area (Å²) < 4.78 is 5.22. The fraction of sp³-hybridized carbons (Fsp3) is 0.462. The normalized spacial score (nSPS) is 11.4. The highest BCUT2D eigenvalue weighted by Crippen LogP contribution is 2.15. The second-order valence-electron chi connectivity index (χ2n) is 3.67. The van der Waals surface area contributed by atoms with E-state index in [0.29, 0.717) is 6.54 Å². The second-order valence-corrected chi connectivity index (χ2v) is 3.67. The molecule has 0 saturated carbocycles. The maximum absolute atomic E-state index is 11.9. The van der Waals surface area contributed by atoms with Crippen LogP contribution in [-0.2, 0) is 9.53 Å². The zero-order valence-corrected chi connectivity index (χ0v) is 11.6. The summed E-state index contributed by atoms with van der Waals surface area (Å²) in [6.07, 6.45) is -0.530. The molecule has 0 aliphatic heterocycles. The molecule has 102 valence electrons. The third-order valence-electron chi connectivity index (χ3n) is 2.43. The summed E-state index contributed by atoms with van der Waals surface area (Å²) in [5.74, 6) is -0.100. The third-order valence-corrected chi connectivity index (χ3v) is 2.43. The summed E-state index contributed by atoms with van der Waals surface area (Å²) in [7, 11) is 1.54. The quantitative estimate of drug-likeness (QED) is 0.740. The van der Waals surface area contributed by atoms with E-state index in [9.17, 15) is 4.79 Å². The first-order valence-electron chi connectivity index (χ1n) is 5.85.